The molecule has 0 radical (unpaired) electrons. The smallest absolute Gasteiger partial charge is 0.307 e. The summed E-state index contributed by atoms with van der Waals surface area (Å²) in [6.07, 6.45) is 0.305. The summed E-state index contributed by atoms with van der Waals surface area (Å²) in [4.78, 5) is 24.6. The van der Waals surface area contributed by atoms with Gasteiger partial charge in [-0.3, -0.25) is 14.5 Å². The number of carbonyl (C=O) groups excluding carboxylic acids is 2. The topological polar surface area (TPSA) is 58.6 Å². The molecule has 0 aliphatic rings. The number of likely N-dealkylation sites (N-methyl/N-ethyl adjacent to an activating group) is 1. The minimum absolute atomic E-state index is 0.00744. The molecule has 0 rings (SSSR count). The van der Waals surface area contributed by atoms with Crippen LogP contribution >= 0.6 is 0 Å². The molecular formula is C12H24N2O3. The summed E-state index contributed by atoms with van der Waals surface area (Å²) in [6.45, 7) is 8.20. The van der Waals surface area contributed by atoms with Crippen molar-refractivity contribution in [3.05, 3.63) is 0 Å². The van der Waals surface area contributed by atoms with Crippen molar-refractivity contribution >= 4 is 11.9 Å². The Labute approximate surface area is 103 Å². The van der Waals surface area contributed by atoms with E-state index >= 15 is 0 Å². The fourth-order valence-corrected chi connectivity index (χ4v) is 1.37. The highest BCUT2D eigenvalue weighted by atomic mass is 16.5. The lowest BCUT2D eigenvalue weighted by molar-refractivity contribution is -0.144. The third-order valence-corrected chi connectivity index (χ3v) is 2.36. The summed E-state index contributed by atoms with van der Waals surface area (Å²) in [5.41, 5.74) is 0. The Balaban J connectivity index is 4.00. The summed E-state index contributed by atoms with van der Waals surface area (Å²) < 4.78 is 4.87. The van der Waals surface area contributed by atoms with E-state index in [1.165, 1.54) is 0 Å². The lowest BCUT2D eigenvalue weighted by atomic mass is 10.2. The van der Waals surface area contributed by atoms with Gasteiger partial charge in [0.2, 0.25) is 5.91 Å². The van der Waals surface area contributed by atoms with Crippen LogP contribution in [0.1, 0.15) is 34.1 Å². The van der Waals surface area contributed by atoms with Crippen molar-refractivity contribution in [2.75, 3.05) is 20.2 Å². The molecule has 0 saturated carbocycles. The van der Waals surface area contributed by atoms with E-state index in [9.17, 15) is 9.59 Å². The third kappa shape index (κ3) is 7.74. The Hall–Kier alpha value is -1.10. The summed E-state index contributed by atoms with van der Waals surface area (Å²) in [5.74, 6) is -0.255. The lowest BCUT2D eigenvalue weighted by Gasteiger charge is -2.23. The first-order valence-corrected chi connectivity index (χ1v) is 6.02. The highest BCUT2D eigenvalue weighted by molar-refractivity contribution is 5.78. The van der Waals surface area contributed by atoms with Gasteiger partial charge in [-0.2, -0.15) is 0 Å². The zero-order valence-electron chi connectivity index (χ0n) is 11.4. The van der Waals surface area contributed by atoms with Gasteiger partial charge in [0, 0.05) is 12.1 Å². The predicted molar refractivity (Wildman–Crippen MR) is 66.6 cm³/mol. The minimum atomic E-state index is -0.226. The van der Waals surface area contributed by atoms with Crippen molar-refractivity contribution in [1.82, 2.24) is 10.2 Å². The molecule has 0 fully saturated rings. The second-order valence-electron chi connectivity index (χ2n) is 4.50. The molecule has 1 unspecified atom stereocenters. The van der Waals surface area contributed by atoms with E-state index in [1.807, 2.05) is 32.7 Å². The molecule has 0 spiro atoms. The number of carbonyl (C=O) groups is 2. The summed E-state index contributed by atoms with van der Waals surface area (Å²) in [6, 6.07) is 0.128. The number of amides is 1. The van der Waals surface area contributed by atoms with Gasteiger partial charge in [-0.15, -0.1) is 0 Å². The maximum Gasteiger partial charge on any atom is 0.307 e. The highest BCUT2D eigenvalue weighted by Crippen LogP contribution is 2.02. The largest absolute Gasteiger partial charge is 0.466 e. The number of hydrogen-bond donors (Lipinski definition) is 1. The van der Waals surface area contributed by atoms with Crippen LogP contribution in [0.15, 0.2) is 0 Å². The molecule has 1 N–H and O–H groups in total. The van der Waals surface area contributed by atoms with Gasteiger partial charge in [-0.25, -0.2) is 0 Å². The van der Waals surface area contributed by atoms with Crippen molar-refractivity contribution in [2.45, 2.75) is 46.2 Å². The van der Waals surface area contributed by atoms with Crippen LogP contribution in [0.4, 0.5) is 0 Å². The van der Waals surface area contributed by atoms with Gasteiger partial charge in [0.15, 0.2) is 0 Å². The Kier molecular flexibility index (Phi) is 7.54. The molecule has 0 aromatic rings. The van der Waals surface area contributed by atoms with Crippen molar-refractivity contribution in [2.24, 2.45) is 0 Å². The Morgan fingerprint density at radius 1 is 1.29 bits per heavy atom. The molecule has 0 aromatic heterocycles. The fourth-order valence-electron chi connectivity index (χ4n) is 1.37. The quantitative estimate of drug-likeness (QED) is 0.673. The Morgan fingerprint density at radius 2 is 1.88 bits per heavy atom. The molecule has 5 heteroatoms. The van der Waals surface area contributed by atoms with Gasteiger partial charge in [0.05, 0.1) is 19.6 Å². The molecule has 0 aliphatic carbocycles. The molecular weight excluding hydrogens is 220 g/mol. The summed E-state index contributed by atoms with van der Waals surface area (Å²) >= 11 is 0. The van der Waals surface area contributed by atoms with Gasteiger partial charge in [0.1, 0.15) is 0 Å². The molecule has 0 aliphatic heterocycles. The molecule has 1 atom stereocenters. The van der Waals surface area contributed by atoms with E-state index in [0.29, 0.717) is 19.6 Å². The molecule has 1 amide bonds. The Morgan fingerprint density at radius 3 is 2.35 bits per heavy atom. The minimum Gasteiger partial charge on any atom is -0.466 e. The molecule has 5 nitrogen and oxygen atoms in total. The zero-order valence-corrected chi connectivity index (χ0v) is 11.4. The van der Waals surface area contributed by atoms with Crippen molar-refractivity contribution < 1.29 is 14.3 Å². The van der Waals surface area contributed by atoms with Gasteiger partial charge < -0.3 is 10.1 Å². The van der Waals surface area contributed by atoms with E-state index in [1.54, 1.807) is 6.92 Å². The van der Waals surface area contributed by atoms with E-state index in [0.717, 1.165) is 0 Å². The maximum absolute atomic E-state index is 11.5. The van der Waals surface area contributed by atoms with Crippen LogP contribution in [-0.2, 0) is 14.3 Å². The molecule has 17 heavy (non-hydrogen) atoms. The number of nitrogens with one attached hydrogen (secondary N) is 1. The number of rotatable bonds is 7. The molecule has 0 heterocycles. The Bertz CT molecular complexity index is 254. The second kappa shape index (κ2) is 8.06. The van der Waals surface area contributed by atoms with Crippen LogP contribution in [0.25, 0.3) is 0 Å². The van der Waals surface area contributed by atoms with Gasteiger partial charge in [-0.05, 0) is 34.7 Å². The zero-order chi connectivity index (χ0) is 13.4. The van der Waals surface area contributed by atoms with Crippen LogP contribution < -0.4 is 5.32 Å². The van der Waals surface area contributed by atoms with E-state index in [2.05, 4.69) is 5.32 Å². The first kappa shape index (κ1) is 15.9. The van der Waals surface area contributed by atoms with Crippen molar-refractivity contribution in [3.8, 4) is 0 Å². The van der Waals surface area contributed by atoms with Gasteiger partial charge in [-0.1, -0.05) is 0 Å². The van der Waals surface area contributed by atoms with Crippen LogP contribution in [-0.4, -0.2) is 49.1 Å². The number of hydrogen-bond acceptors (Lipinski definition) is 4. The number of esters is 1. The number of ether oxygens (including phenoxy) is 1. The van der Waals surface area contributed by atoms with Gasteiger partial charge in [0.25, 0.3) is 0 Å². The maximum atomic E-state index is 11.5. The third-order valence-electron chi connectivity index (χ3n) is 2.36. The summed E-state index contributed by atoms with van der Waals surface area (Å²) in [5, 5.41) is 2.81. The standard InChI is InChI=1S/C12H24N2O3/c1-6-17-12(16)7-10(4)14(5)8-11(15)13-9(2)3/h9-10H,6-8H2,1-5H3,(H,13,15). The molecule has 0 bridgehead atoms. The average molecular weight is 244 g/mol. The van der Waals surface area contributed by atoms with Crippen molar-refractivity contribution in [1.29, 1.82) is 0 Å². The van der Waals surface area contributed by atoms with Crippen LogP contribution in [0.3, 0.4) is 0 Å². The first-order chi connectivity index (χ1) is 7.86. The average Bonchev–Trinajstić information content (AvgIpc) is 2.15. The van der Waals surface area contributed by atoms with Crippen molar-refractivity contribution in [3.63, 3.8) is 0 Å². The van der Waals surface area contributed by atoms with Crippen LogP contribution in [0.2, 0.25) is 0 Å². The molecule has 0 saturated heterocycles. The van der Waals surface area contributed by atoms with E-state index in [4.69, 9.17) is 4.74 Å². The number of nitrogens with zero attached hydrogens (tertiary/aromatic N) is 1. The van der Waals surface area contributed by atoms with E-state index in [-0.39, 0.29) is 24.0 Å². The predicted octanol–water partition coefficient (Wildman–Crippen LogP) is 0.785. The normalized spacial score (nSPS) is 12.6. The van der Waals surface area contributed by atoms with E-state index < -0.39 is 0 Å². The first-order valence-electron chi connectivity index (χ1n) is 6.02. The lowest BCUT2D eigenvalue weighted by Crippen LogP contribution is -2.42. The fraction of sp³-hybridized carbons (Fsp3) is 0.833. The van der Waals surface area contributed by atoms with Crippen LogP contribution in [0.5, 0.6) is 0 Å². The monoisotopic (exact) mass is 244 g/mol. The second-order valence-corrected chi connectivity index (χ2v) is 4.50. The molecule has 0 aromatic carbocycles. The summed E-state index contributed by atoms with van der Waals surface area (Å²) in [7, 11) is 1.82. The SMILES string of the molecule is CCOC(=O)CC(C)N(C)CC(=O)NC(C)C. The highest BCUT2D eigenvalue weighted by Gasteiger charge is 2.17. The van der Waals surface area contributed by atoms with Gasteiger partial charge >= 0.3 is 5.97 Å². The molecule has 100 valence electrons. The van der Waals surface area contributed by atoms with Crippen LogP contribution in [0, 0.1) is 0 Å².